The largest absolute Gasteiger partial charge is 0.418 e. The average Bonchev–Trinajstić information content (AvgIpc) is 3.52. The summed E-state index contributed by atoms with van der Waals surface area (Å²) in [6, 6.07) is 1.04. The van der Waals surface area contributed by atoms with Gasteiger partial charge in [-0.25, -0.2) is 15.6 Å². The molecule has 4 heterocycles. The molecule has 2 saturated carbocycles. The van der Waals surface area contributed by atoms with E-state index in [2.05, 4.69) is 29.6 Å². The lowest BCUT2D eigenvalue weighted by molar-refractivity contribution is -0.136. The Balaban J connectivity index is 1.32. The van der Waals surface area contributed by atoms with E-state index < -0.39 is 22.7 Å². The predicted molar refractivity (Wildman–Crippen MR) is 159 cm³/mol. The fourth-order valence-electron chi connectivity index (χ4n) is 8.69. The van der Waals surface area contributed by atoms with Crippen molar-refractivity contribution in [3.05, 3.63) is 40.1 Å². The summed E-state index contributed by atoms with van der Waals surface area (Å²) >= 11 is 0. The van der Waals surface area contributed by atoms with Gasteiger partial charge in [-0.05, 0) is 80.9 Å². The number of aromatic nitrogens is 2. The van der Waals surface area contributed by atoms with E-state index in [9.17, 15) is 18.0 Å². The van der Waals surface area contributed by atoms with Crippen LogP contribution in [0.15, 0.2) is 23.3 Å². The summed E-state index contributed by atoms with van der Waals surface area (Å²) in [4.78, 5) is 17.8. The van der Waals surface area contributed by atoms with E-state index in [4.69, 9.17) is 23.5 Å². The van der Waals surface area contributed by atoms with Crippen LogP contribution in [0.25, 0.3) is 5.52 Å². The van der Waals surface area contributed by atoms with E-state index in [0.717, 1.165) is 58.0 Å². The smallest absolute Gasteiger partial charge is 0.299 e. The van der Waals surface area contributed by atoms with Gasteiger partial charge in [0.05, 0.1) is 47.5 Å². The van der Waals surface area contributed by atoms with Crippen molar-refractivity contribution in [2.75, 3.05) is 19.8 Å². The molecule has 0 aromatic carbocycles. The zero-order chi connectivity index (χ0) is 30.0. The summed E-state index contributed by atoms with van der Waals surface area (Å²) < 4.78 is 45.8. The Morgan fingerprint density at radius 1 is 1.05 bits per heavy atom. The van der Waals surface area contributed by atoms with Gasteiger partial charge in [-0.2, -0.15) is 13.2 Å². The van der Waals surface area contributed by atoms with E-state index in [1.807, 2.05) is 4.90 Å². The van der Waals surface area contributed by atoms with Crippen molar-refractivity contribution in [1.82, 2.24) is 29.6 Å². The maximum Gasteiger partial charge on any atom is 0.418 e. The lowest BCUT2D eigenvalue weighted by Gasteiger charge is -2.59. The van der Waals surface area contributed by atoms with Crippen LogP contribution in [0.4, 0.5) is 13.2 Å². The van der Waals surface area contributed by atoms with E-state index in [-0.39, 0.29) is 29.1 Å². The molecule has 3 unspecified atom stereocenters. The fraction of sp³-hybridized carbons (Fsp3) is 0.759. The van der Waals surface area contributed by atoms with E-state index in [0.29, 0.717) is 37.0 Å². The van der Waals surface area contributed by atoms with Gasteiger partial charge in [0.25, 0.3) is 0 Å². The molecule has 0 spiro atoms. The van der Waals surface area contributed by atoms with Gasteiger partial charge in [0.15, 0.2) is 0 Å². The van der Waals surface area contributed by atoms with Crippen molar-refractivity contribution >= 4 is 29.1 Å². The first-order valence-electron chi connectivity index (χ1n) is 15.4. The third-order valence-electron chi connectivity index (χ3n) is 10.5. The highest BCUT2D eigenvalue weighted by Crippen LogP contribution is 2.59. The molecule has 2 saturated heterocycles. The summed E-state index contributed by atoms with van der Waals surface area (Å²) in [7, 11) is 18.4. The van der Waals surface area contributed by atoms with Gasteiger partial charge in [-0.15, -0.1) is 0 Å². The third kappa shape index (κ3) is 5.52. The minimum Gasteiger partial charge on any atom is -0.299 e. The van der Waals surface area contributed by atoms with Gasteiger partial charge in [0.2, 0.25) is 0 Å². The van der Waals surface area contributed by atoms with Crippen LogP contribution >= 0.6 is 0 Å². The summed E-state index contributed by atoms with van der Waals surface area (Å²) in [5.74, 6) is 1.25. The molecule has 6 rings (SSSR count). The second kappa shape index (κ2) is 11.0. The highest BCUT2D eigenvalue weighted by molar-refractivity contribution is 6.59. The first kappa shape index (κ1) is 30.3. The lowest BCUT2D eigenvalue weighted by atomic mass is 9.46. The van der Waals surface area contributed by atoms with Crippen LogP contribution in [0.1, 0.15) is 82.4 Å². The number of imidazole rings is 1. The molecule has 222 valence electrons. The van der Waals surface area contributed by atoms with Gasteiger partial charge >= 0.3 is 11.9 Å². The standard InChI is InChI=1S/C29H40B3F3N6O/c1-18-5-4-8-38(13-18)14-20-9-23(28(33,34)35)24-16-39(26(42)40(24)15-20)22-7-3-6-21(10-22)27(11-19(2)12-27)25-37-36-17-41(25)29(30,31)32/h9,15-16,18-19,21-22,25,36-37H,3-8,10-14,17H2,1-2H3/t18-,19?,21?,22?,25?,27?/m0/s1. The molecule has 0 amide bonds. The zero-order valence-corrected chi connectivity index (χ0v) is 24.7. The minimum absolute atomic E-state index is 0.0793. The maximum absolute atomic E-state index is 14.3. The van der Waals surface area contributed by atoms with E-state index in [1.165, 1.54) is 16.7 Å². The number of hydrogen-bond donors (Lipinski definition) is 2. The minimum atomic E-state index is -4.57. The van der Waals surface area contributed by atoms with Crippen LogP contribution in [-0.2, 0) is 12.7 Å². The Morgan fingerprint density at radius 3 is 2.48 bits per heavy atom. The number of piperidine rings is 1. The molecule has 2 N–H and O–H groups in total. The Hall–Kier alpha value is -1.69. The highest BCUT2D eigenvalue weighted by atomic mass is 19.4. The van der Waals surface area contributed by atoms with Gasteiger partial charge in [-0.3, -0.25) is 18.8 Å². The molecular formula is C29H40B3F3N6O. The summed E-state index contributed by atoms with van der Waals surface area (Å²) in [6.45, 7) is 6.90. The summed E-state index contributed by atoms with van der Waals surface area (Å²) in [6.07, 6.45) is 5.67. The SMILES string of the molecule is [B]C([B])([B])N1CNNC1C1(C2CCCC(n3cc4c(C(F)(F)F)cc(CN5CCC[C@H](C)C5)cn4c3=O)C2)CC(C)C1. The quantitative estimate of drug-likeness (QED) is 0.516. The van der Waals surface area contributed by atoms with Crippen LogP contribution in [0, 0.1) is 23.2 Å². The molecule has 7 nitrogen and oxygen atoms in total. The molecule has 4 fully saturated rings. The highest BCUT2D eigenvalue weighted by Gasteiger charge is 2.57. The summed E-state index contributed by atoms with van der Waals surface area (Å²) in [5.41, 5.74) is 5.63. The molecule has 2 aliphatic carbocycles. The van der Waals surface area contributed by atoms with Crippen molar-refractivity contribution < 1.29 is 13.2 Å². The zero-order valence-electron chi connectivity index (χ0n) is 24.7. The Kier molecular flexibility index (Phi) is 7.97. The van der Waals surface area contributed by atoms with Crippen LogP contribution in [0.5, 0.6) is 0 Å². The molecule has 4 atom stereocenters. The van der Waals surface area contributed by atoms with Crippen LogP contribution < -0.4 is 16.5 Å². The fourth-order valence-corrected chi connectivity index (χ4v) is 8.69. The molecular weight excluding hydrogens is 538 g/mol. The Bertz CT molecular complexity index is 1350. The predicted octanol–water partition coefficient (Wildman–Crippen LogP) is 3.31. The van der Waals surface area contributed by atoms with Crippen LogP contribution in [0.2, 0.25) is 0 Å². The van der Waals surface area contributed by atoms with Gasteiger partial charge in [0.1, 0.15) is 0 Å². The number of nitrogens with zero attached hydrogens (tertiary/aromatic N) is 4. The van der Waals surface area contributed by atoms with E-state index in [1.54, 1.807) is 10.8 Å². The molecule has 2 aliphatic heterocycles. The number of alkyl halides is 3. The van der Waals surface area contributed by atoms with Crippen molar-refractivity contribution in [2.45, 2.75) is 95.4 Å². The second-order valence-electron chi connectivity index (χ2n) is 13.8. The lowest BCUT2D eigenvalue weighted by Crippen LogP contribution is -2.65. The normalized spacial score (nSPS) is 33.7. The first-order valence-corrected chi connectivity index (χ1v) is 15.4. The maximum atomic E-state index is 14.3. The number of pyridine rings is 1. The molecule has 6 radical (unpaired) electrons. The number of fused-ring (bicyclic) bond motifs is 1. The number of halogens is 3. The molecule has 4 aliphatic rings. The molecule has 2 aromatic rings. The van der Waals surface area contributed by atoms with Gasteiger partial charge < -0.3 is 0 Å². The average molecular weight is 578 g/mol. The van der Waals surface area contributed by atoms with E-state index >= 15 is 0 Å². The van der Waals surface area contributed by atoms with Crippen LogP contribution in [0.3, 0.4) is 0 Å². The Labute approximate surface area is 250 Å². The first-order chi connectivity index (χ1) is 19.8. The third-order valence-corrected chi connectivity index (χ3v) is 10.5. The van der Waals surface area contributed by atoms with Crippen molar-refractivity contribution in [3.63, 3.8) is 0 Å². The Morgan fingerprint density at radius 2 is 1.81 bits per heavy atom. The van der Waals surface area contributed by atoms with Gasteiger partial charge in [0, 0.05) is 36.9 Å². The van der Waals surface area contributed by atoms with Crippen LogP contribution in [-0.4, -0.2) is 73.5 Å². The number of rotatable bonds is 6. The number of nitrogens with one attached hydrogen (secondary N) is 2. The van der Waals surface area contributed by atoms with Gasteiger partial charge in [-0.1, -0.05) is 25.5 Å². The molecule has 13 heteroatoms. The summed E-state index contributed by atoms with van der Waals surface area (Å²) in [5, 5.41) is -1.50. The van der Waals surface area contributed by atoms with Crippen molar-refractivity contribution in [3.8, 4) is 0 Å². The number of hydrazine groups is 1. The number of likely N-dealkylation sites (tertiary alicyclic amines) is 1. The number of hydrogen-bond acceptors (Lipinski definition) is 5. The second-order valence-corrected chi connectivity index (χ2v) is 13.8. The topological polar surface area (TPSA) is 56.9 Å². The van der Waals surface area contributed by atoms with Crippen molar-refractivity contribution in [2.24, 2.45) is 23.2 Å². The molecule has 0 bridgehead atoms. The molecule has 2 aromatic heterocycles. The molecule has 42 heavy (non-hydrogen) atoms. The van der Waals surface area contributed by atoms with Crippen molar-refractivity contribution in [1.29, 1.82) is 0 Å². The monoisotopic (exact) mass is 578 g/mol.